The van der Waals surface area contributed by atoms with Gasteiger partial charge < -0.3 is 10.5 Å². The minimum Gasteiger partial charge on any atom is -0.457 e. The van der Waals surface area contributed by atoms with Crippen LogP contribution in [-0.2, 0) is 0 Å². The van der Waals surface area contributed by atoms with Gasteiger partial charge in [-0.25, -0.2) is 0 Å². The Bertz CT molecular complexity index is 494. The summed E-state index contributed by atoms with van der Waals surface area (Å²) in [4.78, 5) is 0. The quantitative estimate of drug-likeness (QED) is 0.670. The van der Waals surface area contributed by atoms with Crippen molar-refractivity contribution < 1.29 is 4.74 Å². The molecule has 0 spiro atoms. The smallest absolute Gasteiger partial charge is 0.127 e. The third-order valence-corrected chi connectivity index (χ3v) is 3.01. The van der Waals surface area contributed by atoms with Gasteiger partial charge in [-0.1, -0.05) is 0 Å². The molecule has 0 aromatic heterocycles. The first-order valence-electron chi connectivity index (χ1n) is 4.95. The summed E-state index contributed by atoms with van der Waals surface area (Å²) in [5, 5.41) is 0. The molecule has 0 saturated carbocycles. The average Bonchev–Trinajstić information content (AvgIpc) is 2.27. The first-order chi connectivity index (χ1) is 7.65. The summed E-state index contributed by atoms with van der Waals surface area (Å²) < 4.78 is 6.90. The van der Waals surface area contributed by atoms with Crippen molar-refractivity contribution >= 4 is 28.3 Å². The molecule has 16 heavy (non-hydrogen) atoms. The summed E-state index contributed by atoms with van der Waals surface area (Å²) in [6.45, 7) is 1.97. The summed E-state index contributed by atoms with van der Waals surface area (Å²) in [6.07, 6.45) is 0. The number of benzene rings is 2. The zero-order valence-corrected chi connectivity index (χ0v) is 11.1. The number of ether oxygens (including phenoxy) is 1. The second kappa shape index (κ2) is 4.74. The van der Waals surface area contributed by atoms with Gasteiger partial charge in [-0.2, -0.15) is 0 Å². The van der Waals surface area contributed by atoms with Gasteiger partial charge >= 0.3 is 0 Å². The van der Waals surface area contributed by atoms with Gasteiger partial charge in [-0.3, -0.25) is 0 Å². The Morgan fingerprint density at radius 1 is 1.00 bits per heavy atom. The topological polar surface area (TPSA) is 35.2 Å². The van der Waals surface area contributed by atoms with Crippen molar-refractivity contribution in [3.8, 4) is 11.5 Å². The van der Waals surface area contributed by atoms with Crippen molar-refractivity contribution in [2.45, 2.75) is 6.92 Å². The first-order valence-corrected chi connectivity index (χ1v) is 6.02. The van der Waals surface area contributed by atoms with E-state index in [1.165, 1.54) is 3.57 Å². The van der Waals surface area contributed by atoms with Crippen LogP contribution < -0.4 is 10.5 Å². The van der Waals surface area contributed by atoms with E-state index in [1.807, 2.05) is 49.4 Å². The van der Waals surface area contributed by atoms with Gasteiger partial charge in [0.1, 0.15) is 11.5 Å². The Morgan fingerprint density at radius 2 is 1.62 bits per heavy atom. The zero-order valence-electron chi connectivity index (χ0n) is 8.91. The number of halogens is 1. The van der Waals surface area contributed by atoms with Crippen molar-refractivity contribution in [1.82, 2.24) is 0 Å². The number of aryl methyl sites for hydroxylation is 1. The highest BCUT2D eigenvalue weighted by Crippen LogP contribution is 2.25. The number of hydrogen-bond acceptors (Lipinski definition) is 2. The number of anilines is 1. The highest BCUT2D eigenvalue weighted by atomic mass is 127. The van der Waals surface area contributed by atoms with Crippen molar-refractivity contribution in [2.24, 2.45) is 0 Å². The Balaban J connectivity index is 2.20. The Labute approximate surface area is 109 Å². The first kappa shape index (κ1) is 11.3. The van der Waals surface area contributed by atoms with E-state index < -0.39 is 0 Å². The van der Waals surface area contributed by atoms with E-state index >= 15 is 0 Å². The van der Waals surface area contributed by atoms with Crippen LogP contribution in [-0.4, -0.2) is 0 Å². The molecule has 0 fully saturated rings. The van der Waals surface area contributed by atoms with Crippen LogP contribution in [0.5, 0.6) is 11.5 Å². The third-order valence-electron chi connectivity index (χ3n) is 2.29. The van der Waals surface area contributed by atoms with Crippen molar-refractivity contribution in [2.75, 3.05) is 5.73 Å². The van der Waals surface area contributed by atoms with E-state index in [0.717, 1.165) is 22.7 Å². The molecule has 0 saturated heterocycles. The lowest BCUT2D eigenvalue weighted by molar-refractivity contribution is 0.482. The van der Waals surface area contributed by atoms with E-state index in [4.69, 9.17) is 10.5 Å². The second-order valence-corrected chi connectivity index (χ2v) is 4.82. The molecule has 3 heteroatoms. The molecule has 2 aromatic carbocycles. The van der Waals surface area contributed by atoms with Gasteiger partial charge in [0.25, 0.3) is 0 Å². The van der Waals surface area contributed by atoms with Gasteiger partial charge in [0.2, 0.25) is 0 Å². The van der Waals surface area contributed by atoms with Gasteiger partial charge in [-0.15, -0.1) is 0 Å². The molecule has 2 aromatic rings. The maximum Gasteiger partial charge on any atom is 0.127 e. The number of nitrogen functional groups attached to an aromatic ring is 1. The predicted molar refractivity (Wildman–Crippen MR) is 74.8 cm³/mol. The minimum atomic E-state index is 0.787. The van der Waals surface area contributed by atoms with Gasteiger partial charge in [0.05, 0.1) is 0 Å². The zero-order chi connectivity index (χ0) is 11.5. The molecule has 0 heterocycles. The summed E-state index contributed by atoms with van der Waals surface area (Å²) in [5.74, 6) is 1.65. The average molecular weight is 325 g/mol. The van der Waals surface area contributed by atoms with Crippen LogP contribution in [0.15, 0.2) is 42.5 Å². The van der Waals surface area contributed by atoms with Gasteiger partial charge in [0, 0.05) is 9.26 Å². The second-order valence-electron chi connectivity index (χ2n) is 3.57. The molecule has 2 N–H and O–H groups in total. The molecule has 0 aliphatic heterocycles. The largest absolute Gasteiger partial charge is 0.457 e. The Hall–Kier alpha value is -1.23. The molecular weight excluding hydrogens is 313 g/mol. The lowest BCUT2D eigenvalue weighted by Gasteiger charge is -2.07. The molecule has 2 rings (SSSR count). The fraction of sp³-hybridized carbons (Fsp3) is 0.0769. The Morgan fingerprint density at radius 3 is 2.25 bits per heavy atom. The van der Waals surface area contributed by atoms with Crippen LogP contribution in [0.4, 0.5) is 5.69 Å². The summed E-state index contributed by atoms with van der Waals surface area (Å²) >= 11 is 2.27. The molecular formula is C13H12INO. The van der Waals surface area contributed by atoms with E-state index in [1.54, 1.807) is 0 Å². The molecule has 82 valence electrons. The fourth-order valence-electron chi connectivity index (χ4n) is 1.35. The van der Waals surface area contributed by atoms with Crippen LogP contribution in [0, 0.1) is 10.5 Å². The van der Waals surface area contributed by atoms with Crippen molar-refractivity contribution in [3.63, 3.8) is 0 Å². The number of hydrogen-bond donors (Lipinski definition) is 1. The lowest BCUT2D eigenvalue weighted by atomic mass is 10.2. The van der Waals surface area contributed by atoms with Crippen LogP contribution in [0.1, 0.15) is 5.56 Å². The number of nitrogens with two attached hydrogens (primary N) is 1. The van der Waals surface area contributed by atoms with Gasteiger partial charge in [0.15, 0.2) is 0 Å². The molecule has 0 radical (unpaired) electrons. The van der Waals surface area contributed by atoms with Crippen LogP contribution in [0.25, 0.3) is 0 Å². The standard InChI is InChI=1S/C13H12INO/c1-9-8-12(6-7-13(9)15)16-11-4-2-10(14)3-5-11/h2-8H,15H2,1H3. The van der Waals surface area contributed by atoms with Crippen LogP contribution >= 0.6 is 22.6 Å². The monoisotopic (exact) mass is 325 g/mol. The van der Waals surface area contributed by atoms with E-state index in [2.05, 4.69) is 22.6 Å². The van der Waals surface area contributed by atoms with E-state index in [-0.39, 0.29) is 0 Å². The minimum absolute atomic E-state index is 0.787. The van der Waals surface area contributed by atoms with Gasteiger partial charge in [-0.05, 0) is 77.5 Å². The maximum atomic E-state index is 5.75. The SMILES string of the molecule is Cc1cc(Oc2ccc(I)cc2)ccc1N. The lowest BCUT2D eigenvalue weighted by Crippen LogP contribution is -1.90. The molecule has 0 aliphatic carbocycles. The summed E-state index contributed by atoms with van der Waals surface area (Å²) in [7, 11) is 0. The highest BCUT2D eigenvalue weighted by molar-refractivity contribution is 14.1. The molecule has 0 unspecified atom stereocenters. The van der Waals surface area contributed by atoms with E-state index in [9.17, 15) is 0 Å². The normalized spacial score (nSPS) is 10.1. The third kappa shape index (κ3) is 2.66. The molecule has 0 bridgehead atoms. The van der Waals surface area contributed by atoms with Crippen LogP contribution in [0.2, 0.25) is 0 Å². The Kier molecular flexibility index (Phi) is 3.33. The number of rotatable bonds is 2. The summed E-state index contributed by atoms with van der Waals surface area (Å²) in [5.41, 5.74) is 7.56. The van der Waals surface area contributed by atoms with Crippen LogP contribution in [0.3, 0.4) is 0 Å². The maximum absolute atomic E-state index is 5.75. The molecule has 0 aliphatic rings. The highest BCUT2D eigenvalue weighted by Gasteiger charge is 1.99. The molecule has 2 nitrogen and oxygen atoms in total. The summed E-state index contributed by atoms with van der Waals surface area (Å²) in [6, 6.07) is 13.6. The van der Waals surface area contributed by atoms with Crippen molar-refractivity contribution in [1.29, 1.82) is 0 Å². The van der Waals surface area contributed by atoms with E-state index in [0.29, 0.717) is 0 Å². The predicted octanol–water partition coefficient (Wildman–Crippen LogP) is 3.97. The molecule has 0 amide bonds. The fourth-order valence-corrected chi connectivity index (χ4v) is 1.71. The molecule has 0 atom stereocenters. The van der Waals surface area contributed by atoms with Crippen molar-refractivity contribution in [3.05, 3.63) is 51.6 Å².